The molecule has 1 amide bonds. The van der Waals surface area contributed by atoms with Crippen molar-refractivity contribution in [3.05, 3.63) is 41.8 Å². The number of carbonyl (C=O) groups is 1. The number of carbonyl (C=O) groups excluding carboxylic acids is 1. The first-order valence-electron chi connectivity index (χ1n) is 7.85. The minimum atomic E-state index is -0.325. The predicted octanol–water partition coefficient (Wildman–Crippen LogP) is 1.63. The first-order chi connectivity index (χ1) is 11.6. The molecule has 7 nitrogen and oxygen atoms in total. The van der Waals surface area contributed by atoms with Gasteiger partial charge in [-0.15, -0.1) is 0 Å². The van der Waals surface area contributed by atoms with Gasteiger partial charge in [0.25, 0.3) is 0 Å². The van der Waals surface area contributed by atoms with Crippen LogP contribution < -0.4 is 10.5 Å². The van der Waals surface area contributed by atoms with Crippen LogP contribution in [0.1, 0.15) is 31.0 Å². The third-order valence-corrected chi connectivity index (χ3v) is 3.97. The number of nitrogens with zero attached hydrogens (tertiary/aromatic N) is 3. The number of benzene rings is 1. The Balaban J connectivity index is 1.56. The van der Waals surface area contributed by atoms with Crippen molar-refractivity contribution in [1.29, 1.82) is 0 Å². The van der Waals surface area contributed by atoms with Gasteiger partial charge in [-0.2, -0.15) is 4.98 Å². The topological polar surface area (TPSA) is 94.5 Å². The van der Waals surface area contributed by atoms with Gasteiger partial charge in [0.15, 0.2) is 6.61 Å². The van der Waals surface area contributed by atoms with Crippen molar-refractivity contribution in [2.45, 2.75) is 38.5 Å². The minimum Gasteiger partial charge on any atom is -0.485 e. The maximum atomic E-state index is 12.8. The van der Waals surface area contributed by atoms with Crippen molar-refractivity contribution in [2.24, 2.45) is 5.73 Å². The molecule has 8 heteroatoms. The summed E-state index contributed by atoms with van der Waals surface area (Å²) in [5, 5.41) is 3.86. The molecule has 128 valence electrons. The Morgan fingerprint density at radius 1 is 1.38 bits per heavy atom. The maximum Gasteiger partial charge on any atom is 0.240 e. The third-order valence-electron chi connectivity index (χ3n) is 3.97. The second-order valence-corrected chi connectivity index (χ2v) is 5.73. The maximum absolute atomic E-state index is 12.8. The number of rotatable bonds is 6. The van der Waals surface area contributed by atoms with Crippen molar-refractivity contribution >= 4 is 5.91 Å². The van der Waals surface area contributed by atoms with Gasteiger partial charge >= 0.3 is 0 Å². The second kappa shape index (κ2) is 7.39. The van der Waals surface area contributed by atoms with Gasteiger partial charge in [0.05, 0.1) is 12.6 Å². The minimum absolute atomic E-state index is 0.119. The van der Waals surface area contributed by atoms with E-state index in [9.17, 15) is 9.18 Å². The molecule has 2 heterocycles. The summed E-state index contributed by atoms with van der Waals surface area (Å²) in [6.45, 7) is 1.28. The fourth-order valence-electron chi connectivity index (χ4n) is 2.77. The first-order valence-corrected chi connectivity index (χ1v) is 7.85. The zero-order chi connectivity index (χ0) is 16.9. The van der Waals surface area contributed by atoms with E-state index in [1.165, 1.54) is 24.3 Å². The van der Waals surface area contributed by atoms with Crippen LogP contribution in [0.4, 0.5) is 4.39 Å². The third kappa shape index (κ3) is 4.08. The molecule has 1 aromatic carbocycles. The van der Waals surface area contributed by atoms with Crippen molar-refractivity contribution in [3.8, 4) is 5.75 Å². The summed E-state index contributed by atoms with van der Waals surface area (Å²) < 4.78 is 23.5. The van der Waals surface area contributed by atoms with E-state index in [2.05, 4.69) is 10.1 Å². The number of likely N-dealkylation sites (tertiary alicyclic amines) is 1. The molecule has 0 spiro atoms. The van der Waals surface area contributed by atoms with Gasteiger partial charge in [0.2, 0.25) is 17.6 Å². The average Bonchev–Trinajstić information content (AvgIpc) is 3.02. The summed E-state index contributed by atoms with van der Waals surface area (Å²) in [4.78, 5) is 17.7. The summed E-state index contributed by atoms with van der Waals surface area (Å²) in [6.07, 6.45) is 2.76. The van der Waals surface area contributed by atoms with Crippen LogP contribution in [0.25, 0.3) is 0 Å². The Bertz CT molecular complexity index is 689. The SMILES string of the molecule is NC(=O)[C@H]1CCCCN1Cc1nc(COc2ccc(F)cc2)no1. The number of ether oxygens (including phenoxy) is 1. The van der Waals surface area contributed by atoms with Crippen molar-refractivity contribution < 1.29 is 18.4 Å². The molecule has 0 saturated carbocycles. The van der Waals surface area contributed by atoms with Gasteiger partial charge in [-0.3, -0.25) is 9.69 Å². The van der Waals surface area contributed by atoms with Crippen LogP contribution in [-0.4, -0.2) is 33.5 Å². The van der Waals surface area contributed by atoms with Crippen LogP contribution in [-0.2, 0) is 17.9 Å². The number of aromatic nitrogens is 2. The highest BCUT2D eigenvalue weighted by molar-refractivity contribution is 5.79. The number of hydrogen-bond acceptors (Lipinski definition) is 6. The number of nitrogens with two attached hydrogens (primary N) is 1. The molecule has 1 aliphatic heterocycles. The van der Waals surface area contributed by atoms with E-state index in [-0.39, 0.29) is 24.4 Å². The Kier molecular flexibility index (Phi) is 5.05. The molecule has 0 bridgehead atoms. The molecule has 1 saturated heterocycles. The largest absolute Gasteiger partial charge is 0.485 e. The molecular weight excluding hydrogens is 315 g/mol. The van der Waals surface area contributed by atoms with Gasteiger partial charge in [-0.25, -0.2) is 4.39 Å². The van der Waals surface area contributed by atoms with E-state index in [0.29, 0.717) is 24.0 Å². The molecule has 3 rings (SSSR count). The molecular formula is C16H19FN4O3. The van der Waals surface area contributed by atoms with Crippen LogP contribution in [0, 0.1) is 5.82 Å². The molecule has 0 radical (unpaired) electrons. The van der Waals surface area contributed by atoms with Crippen molar-refractivity contribution in [3.63, 3.8) is 0 Å². The van der Waals surface area contributed by atoms with Crippen molar-refractivity contribution in [1.82, 2.24) is 15.0 Å². The lowest BCUT2D eigenvalue weighted by atomic mass is 10.0. The van der Waals surface area contributed by atoms with Crippen LogP contribution in [0.5, 0.6) is 5.75 Å². The van der Waals surface area contributed by atoms with Crippen LogP contribution in [0.3, 0.4) is 0 Å². The van der Waals surface area contributed by atoms with Crippen LogP contribution in [0.15, 0.2) is 28.8 Å². The first kappa shape index (κ1) is 16.4. The van der Waals surface area contributed by atoms with E-state index in [4.69, 9.17) is 15.0 Å². The van der Waals surface area contributed by atoms with E-state index >= 15 is 0 Å². The standard InChI is InChI=1S/C16H19FN4O3/c17-11-4-6-12(7-5-11)23-10-14-19-15(24-20-14)9-21-8-2-1-3-13(21)16(18)22/h4-7,13H,1-3,8-10H2,(H2,18,22)/t13-/m1/s1. The number of halogens is 1. The second-order valence-electron chi connectivity index (χ2n) is 5.73. The summed E-state index contributed by atoms with van der Waals surface area (Å²) in [5.41, 5.74) is 5.45. The summed E-state index contributed by atoms with van der Waals surface area (Å²) in [5.74, 6) is 0.680. The molecule has 0 unspecified atom stereocenters. The molecule has 2 N–H and O–H groups in total. The smallest absolute Gasteiger partial charge is 0.240 e. The number of hydrogen-bond donors (Lipinski definition) is 1. The normalized spacial score (nSPS) is 18.5. The quantitative estimate of drug-likeness (QED) is 0.863. The predicted molar refractivity (Wildman–Crippen MR) is 82.3 cm³/mol. The zero-order valence-electron chi connectivity index (χ0n) is 13.2. The Hall–Kier alpha value is -2.48. The van der Waals surface area contributed by atoms with E-state index in [0.717, 1.165) is 25.8 Å². The number of primary amides is 1. The molecule has 1 aliphatic rings. The lowest BCUT2D eigenvalue weighted by molar-refractivity contribution is -0.124. The summed E-state index contributed by atoms with van der Waals surface area (Å²) >= 11 is 0. The Morgan fingerprint density at radius 2 is 2.17 bits per heavy atom. The van der Waals surface area contributed by atoms with Crippen molar-refractivity contribution in [2.75, 3.05) is 6.54 Å². The molecule has 1 atom stereocenters. The van der Waals surface area contributed by atoms with E-state index < -0.39 is 0 Å². The van der Waals surface area contributed by atoms with Gasteiger partial charge in [0, 0.05) is 0 Å². The fraction of sp³-hybridized carbons (Fsp3) is 0.438. The number of piperidine rings is 1. The lowest BCUT2D eigenvalue weighted by Crippen LogP contribution is -2.47. The number of amides is 1. The average molecular weight is 334 g/mol. The molecule has 2 aromatic rings. The van der Waals surface area contributed by atoms with E-state index in [1.807, 2.05) is 4.90 Å². The van der Waals surface area contributed by atoms with Gasteiger partial charge in [0.1, 0.15) is 11.6 Å². The summed E-state index contributed by atoms with van der Waals surface area (Å²) in [6, 6.07) is 5.40. The monoisotopic (exact) mass is 334 g/mol. The van der Waals surface area contributed by atoms with Gasteiger partial charge in [-0.1, -0.05) is 11.6 Å². The van der Waals surface area contributed by atoms with Gasteiger partial charge in [-0.05, 0) is 43.7 Å². The lowest BCUT2D eigenvalue weighted by Gasteiger charge is -2.32. The van der Waals surface area contributed by atoms with Gasteiger partial charge < -0.3 is 15.0 Å². The highest BCUT2D eigenvalue weighted by atomic mass is 19.1. The Labute approximate surface area is 138 Å². The molecule has 0 aliphatic carbocycles. The molecule has 1 fully saturated rings. The highest BCUT2D eigenvalue weighted by Gasteiger charge is 2.28. The Morgan fingerprint density at radius 3 is 2.92 bits per heavy atom. The molecule has 24 heavy (non-hydrogen) atoms. The summed E-state index contributed by atoms with van der Waals surface area (Å²) in [7, 11) is 0. The van der Waals surface area contributed by atoms with Crippen LogP contribution in [0.2, 0.25) is 0 Å². The van der Waals surface area contributed by atoms with Crippen LogP contribution >= 0.6 is 0 Å². The zero-order valence-corrected chi connectivity index (χ0v) is 13.2. The van der Waals surface area contributed by atoms with E-state index in [1.54, 1.807) is 0 Å². The molecule has 1 aromatic heterocycles. The highest BCUT2D eigenvalue weighted by Crippen LogP contribution is 2.19. The fourth-order valence-corrected chi connectivity index (χ4v) is 2.77.